The van der Waals surface area contributed by atoms with Gasteiger partial charge in [-0.3, -0.25) is 0 Å². The van der Waals surface area contributed by atoms with E-state index in [1.165, 1.54) is 0 Å². The fraction of sp³-hybridized carbons (Fsp3) is 0.231. The van der Waals surface area contributed by atoms with Gasteiger partial charge in [0.25, 0.3) is 0 Å². The second-order valence-corrected chi connectivity index (χ2v) is 10.9. The van der Waals surface area contributed by atoms with Crippen LogP contribution in [0.15, 0.2) is 83.8 Å². The minimum atomic E-state index is -3.46. The number of hydrogen-bond donors (Lipinski definition) is 2. The number of para-hydroxylation sites is 2. The third kappa shape index (κ3) is 5.22. The highest BCUT2D eigenvalue weighted by atomic mass is 32.2. The first kappa shape index (κ1) is 23.5. The number of nitrogens with one attached hydrogen (secondary N) is 2. The molecule has 0 saturated carbocycles. The van der Waals surface area contributed by atoms with Crippen molar-refractivity contribution in [3.63, 3.8) is 0 Å². The summed E-state index contributed by atoms with van der Waals surface area (Å²) < 4.78 is 29.4. The maximum Gasteiger partial charge on any atom is 0.243 e. The van der Waals surface area contributed by atoms with Crippen molar-refractivity contribution >= 4 is 50.0 Å². The van der Waals surface area contributed by atoms with Gasteiger partial charge in [0.1, 0.15) is 0 Å². The Morgan fingerprint density at radius 1 is 0.857 bits per heavy atom. The Kier molecular flexibility index (Phi) is 6.81. The van der Waals surface area contributed by atoms with Crippen molar-refractivity contribution in [3.05, 3.63) is 84.4 Å². The van der Waals surface area contributed by atoms with Crippen LogP contribution in [0.25, 0.3) is 11.0 Å². The van der Waals surface area contributed by atoms with Crippen molar-refractivity contribution in [1.82, 2.24) is 13.9 Å². The molecule has 1 aliphatic rings. The summed E-state index contributed by atoms with van der Waals surface area (Å²) in [5, 5.41) is 6.73. The SMILES string of the molecule is O=S(=O)(c1ccc(NC(=S)Nc2nc3ccccc3n2Cc2ccccc2)cc1)N1CCCCC1. The van der Waals surface area contributed by atoms with Gasteiger partial charge in [-0.25, -0.2) is 13.4 Å². The van der Waals surface area contributed by atoms with Crippen LogP contribution in [0.4, 0.5) is 11.6 Å². The van der Waals surface area contributed by atoms with E-state index < -0.39 is 10.0 Å². The van der Waals surface area contributed by atoms with Gasteiger partial charge in [0, 0.05) is 18.8 Å². The number of thiocarbonyl (C=S) groups is 1. The number of aromatic nitrogens is 2. The van der Waals surface area contributed by atoms with Gasteiger partial charge in [0.2, 0.25) is 16.0 Å². The summed E-state index contributed by atoms with van der Waals surface area (Å²) in [5.41, 5.74) is 3.74. The van der Waals surface area contributed by atoms with E-state index in [1.807, 2.05) is 42.5 Å². The molecular weight excluding hydrogens is 478 g/mol. The van der Waals surface area contributed by atoms with Crippen molar-refractivity contribution in [3.8, 4) is 0 Å². The van der Waals surface area contributed by atoms with E-state index in [1.54, 1.807) is 28.6 Å². The van der Waals surface area contributed by atoms with Crippen LogP contribution in [-0.4, -0.2) is 40.5 Å². The summed E-state index contributed by atoms with van der Waals surface area (Å²) in [7, 11) is -3.46. The summed E-state index contributed by atoms with van der Waals surface area (Å²) in [6, 6.07) is 24.9. The molecule has 0 spiro atoms. The summed E-state index contributed by atoms with van der Waals surface area (Å²) in [6.07, 6.45) is 2.90. The number of rotatable bonds is 6. The van der Waals surface area contributed by atoms with Gasteiger partial charge < -0.3 is 15.2 Å². The predicted octanol–water partition coefficient (Wildman–Crippen LogP) is 5.07. The van der Waals surface area contributed by atoms with Crippen LogP contribution in [0.5, 0.6) is 0 Å². The molecular formula is C26H27N5O2S2. The van der Waals surface area contributed by atoms with Crippen LogP contribution >= 0.6 is 12.2 Å². The lowest BCUT2D eigenvalue weighted by Crippen LogP contribution is -2.35. The number of hydrogen-bond acceptors (Lipinski definition) is 4. The molecule has 35 heavy (non-hydrogen) atoms. The van der Waals surface area contributed by atoms with Crippen LogP contribution < -0.4 is 10.6 Å². The van der Waals surface area contributed by atoms with Crippen molar-refractivity contribution in [2.45, 2.75) is 30.7 Å². The van der Waals surface area contributed by atoms with Crippen LogP contribution in [0, 0.1) is 0 Å². The maximum atomic E-state index is 12.9. The minimum Gasteiger partial charge on any atom is -0.332 e. The molecule has 180 valence electrons. The quantitative estimate of drug-likeness (QED) is 0.356. The van der Waals surface area contributed by atoms with Crippen LogP contribution in [0.1, 0.15) is 24.8 Å². The molecule has 3 aromatic carbocycles. The number of nitrogens with zero attached hydrogens (tertiary/aromatic N) is 3. The zero-order valence-electron chi connectivity index (χ0n) is 19.2. The van der Waals surface area contributed by atoms with Gasteiger partial charge in [0.15, 0.2) is 5.11 Å². The monoisotopic (exact) mass is 505 g/mol. The summed E-state index contributed by atoms with van der Waals surface area (Å²) in [6.45, 7) is 1.82. The van der Waals surface area contributed by atoms with E-state index in [4.69, 9.17) is 17.2 Å². The van der Waals surface area contributed by atoms with Gasteiger partial charge in [-0.05, 0) is 67.0 Å². The molecule has 1 saturated heterocycles. The third-order valence-corrected chi connectivity index (χ3v) is 8.25. The molecule has 0 aliphatic carbocycles. The maximum absolute atomic E-state index is 12.9. The molecule has 0 unspecified atom stereocenters. The van der Waals surface area contributed by atoms with Gasteiger partial charge in [-0.2, -0.15) is 4.31 Å². The van der Waals surface area contributed by atoms with Gasteiger partial charge in [0.05, 0.1) is 22.5 Å². The first-order valence-electron chi connectivity index (χ1n) is 11.7. The molecule has 1 fully saturated rings. The normalized spacial score (nSPS) is 14.6. The lowest BCUT2D eigenvalue weighted by molar-refractivity contribution is 0.346. The van der Waals surface area contributed by atoms with Crippen molar-refractivity contribution in [2.75, 3.05) is 23.7 Å². The molecule has 2 N–H and O–H groups in total. The molecule has 0 amide bonds. The lowest BCUT2D eigenvalue weighted by Gasteiger charge is -2.25. The Balaban J connectivity index is 1.31. The zero-order chi connectivity index (χ0) is 24.3. The second-order valence-electron chi connectivity index (χ2n) is 8.56. The Hall–Kier alpha value is -3.27. The number of fused-ring (bicyclic) bond motifs is 1. The number of imidazole rings is 1. The van der Waals surface area contributed by atoms with Crippen LogP contribution in [-0.2, 0) is 16.6 Å². The first-order chi connectivity index (χ1) is 17.0. The topological polar surface area (TPSA) is 79.3 Å². The summed E-state index contributed by atoms with van der Waals surface area (Å²) in [4.78, 5) is 5.03. The molecule has 5 rings (SSSR count). The van der Waals surface area contributed by atoms with E-state index in [-0.39, 0.29) is 0 Å². The number of benzene rings is 3. The van der Waals surface area contributed by atoms with Crippen molar-refractivity contribution < 1.29 is 8.42 Å². The fourth-order valence-corrected chi connectivity index (χ4v) is 6.05. The van der Waals surface area contributed by atoms with E-state index in [0.717, 1.165) is 35.9 Å². The molecule has 0 atom stereocenters. The van der Waals surface area contributed by atoms with Crippen molar-refractivity contribution in [2.24, 2.45) is 0 Å². The smallest absolute Gasteiger partial charge is 0.243 e. The van der Waals surface area contributed by atoms with E-state index in [9.17, 15) is 8.42 Å². The molecule has 9 heteroatoms. The zero-order valence-corrected chi connectivity index (χ0v) is 20.9. The third-order valence-electron chi connectivity index (χ3n) is 6.13. The van der Waals surface area contributed by atoms with Gasteiger partial charge >= 0.3 is 0 Å². The minimum absolute atomic E-state index is 0.300. The molecule has 1 aliphatic heterocycles. The number of piperidine rings is 1. The Morgan fingerprint density at radius 3 is 2.29 bits per heavy atom. The summed E-state index contributed by atoms with van der Waals surface area (Å²) in [5.74, 6) is 0.636. The van der Waals surface area contributed by atoms with Gasteiger partial charge in [-0.15, -0.1) is 0 Å². The highest BCUT2D eigenvalue weighted by Gasteiger charge is 2.25. The molecule has 0 bridgehead atoms. The molecule has 7 nitrogen and oxygen atoms in total. The van der Waals surface area contributed by atoms with Crippen molar-refractivity contribution in [1.29, 1.82) is 0 Å². The van der Waals surface area contributed by atoms with Gasteiger partial charge in [-0.1, -0.05) is 48.9 Å². The predicted molar refractivity (Wildman–Crippen MR) is 144 cm³/mol. The Bertz CT molecular complexity index is 1430. The number of sulfonamides is 1. The average molecular weight is 506 g/mol. The largest absolute Gasteiger partial charge is 0.332 e. The molecule has 2 heterocycles. The second kappa shape index (κ2) is 10.2. The van der Waals surface area contributed by atoms with E-state index >= 15 is 0 Å². The molecule has 1 aromatic heterocycles. The molecule has 4 aromatic rings. The van der Waals surface area contributed by atoms with E-state index in [0.29, 0.717) is 41.3 Å². The highest BCUT2D eigenvalue weighted by molar-refractivity contribution is 7.89. The Morgan fingerprint density at radius 2 is 1.54 bits per heavy atom. The first-order valence-corrected chi connectivity index (χ1v) is 13.5. The average Bonchev–Trinajstić information content (AvgIpc) is 3.22. The highest BCUT2D eigenvalue weighted by Crippen LogP contribution is 2.23. The lowest BCUT2D eigenvalue weighted by atomic mass is 10.2. The number of anilines is 2. The van der Waals surface area contributed by atoms with Crippen LogP contribution in [0.3, 0.4) is 0 Å². The van der Waals surface area contributed by atoms with E-state index in [2.05, 4.69) is 27.3 Å². The standard InChI is InChI=1S/C26H27N5O2S2/c32-35(33,30-17-7-2-8-18-30)22-15-13-21(14-16-22)27-26(34)29-25-28-23-11-5-6-12-24(23)31(25)19-20-9-3-1-4-10-20/h1,3-6,9-16H,2,7-8,17-19H2,(H2,27,28,29,34). The summed E-state index contributed by atoms with van der Waals surface area (Å²) >= 11 is 5.55. The molecule has 0 radical (unpaired) electrons. The Labute approximate surface area is 210 Å². The van der Waals surface area contributed by atoms with Crippen LogP contribution in [0.2, 0.25) is 0 Å². The fourth-order valence-electron chi connectivity index (χ4n) is 4.33.